The van der Waals surface area contributed by atoms with Gasteiger partial charge in [0.15, 0.2) is 5.54 Å². The van der Waals surface area contributed by atoms with Gasteiger partial charge in [-0.15, -0.1) is 0 Å². The van der Waals surface area contributed by atoms with Gasteiger partial charge in [-0.3, -0.25) is 14.7 Å². The van der Waals surface area contributed by atoms with E-state index >= 15 is 0 Å². The Bertz CT molecular complexity index is 1060. The standard InChI is InChI=1S/C27H31Cl2N3O/c1-17(2)10-22-20-12-21-16-32(15-19-8-9-23(28)24(29)11-19)25(22)27(21,31-14-20)26(33)30-13-18-6-4-3-5-7-18/h3-9,11,14,17,20-22,25H,10,12-13,15-16H2,1-2H3,(H,30,33). The van der Waals surface area contributed by atoms with Gasteiger partial charge in [0.25, 0.3) is 0 Å². The molecule has 3 heterocycles. The molecule has 5 unspecified atom stereocenters. The fourth-order valence-corrected chi connectivity index (χ4v) is 6.72. The van der Waals surface area contributed by atoms with E-state index in [1.165, 1.54) is 0 Å². The molecule has 1 amide bonds. The van der Waals surface area contributed by atoms with Crippen LogP contribution < -0.4 is 5.32 Å². The van der Waals surface area contributed by atoms with E-state index in [0.717, 1.165) is 37.1 Å². The van der Waals surface area contributed by atoms with E-state index in [1.54, 1.807) is 0 Å². The molecule has 1 N–H and O–H groups in total. The second-order valence-electron chi connectivity index (χ2n) is 10.3. The van der Waals surface area contributed by atoms with Gasteiger partial charge in [-0.05, 0) is 53.9 Å². The van der Waals surface area contributed by atoms with Crippen molar-refractivity contribution in [2.75, 3.05) is 6.54 Å². The first-order valence-electron chi connectivity index (χ1n) is 11.9. The zero-order valence-electron chi connectivity index (χ0n) is 19.2. The predicted molar refractivity (Wildman–Crippen MR) is 135 cm³/mol. The van der Waals surface area contributed by atoms with Crippen LogP contribution in [0, 0.1) is 23.7 Å². The molecule has 2 aromatic rings. The number of carbonyl (C=O) groups is 1. The molecule has 3 aliphatic heterocycles. The lowest BCUT2D eigenvalue weighted by atomic mass is 9.59. The molecular formula is C27H31Cl2N3O. The van der Waals surface area contributed by atoms with Crippen LogP contribution in [0.5, 0.6) is 0 Å². The Morgan fingerprint density at radius 2 is 1.94 bits per heavy atom. The Morgan fingerprint density at radius 1 is 1.15 bits per heavy atom. The highest BCUT2D eigenvalue weighted by Crippen LogP contribution is 2.55. The van der Waals surface area contributed by atoms with E-state index in [-0.39, 0.29) is 17.9 Å². The van der Waals surface area contributed by atoms with Crippen molar-refractivity contribution in [3.63, 3.8) is 0 Å². The smallest absolute Gasteiger partial charge is 0.250 e. The van der Waals surface area contributed by atoms with Gasteiger partial charge in [-0.2, -0.15) is 0 Å². The number of nitrogens with one attached hydrogen (secondary N) is 1. The third-order valence-electron chi connectivity index (χ3n) is 7.69. The minimum Gasteiger partial charge on any atom is -0.350 e. The van der Waals surface area contributed by atoms with Crippen molar-refractivity contribution in [3.05, 3.63) is 69.7 Å². The van der Waals surface area contributed by atoms with Gasteiger partial charge < -0.3 is 5.32 Å². The van der Waals surface area contributed by atoms with E-state index in [1.807, 2.05) is 48.5 Å². The number of likely N-dealkylation sites (tertiary alicyclic amines) is 1. The SMILES string of the molecule is CC(C)CC1C2C=NC3(C(=O)NCc4ccccc4)C(C2)CN(Cc2ccc(Cl)c(Cl)c2)C13. The first kappa shape index (κ1) is 22.9. The van der Waals surface area contributed by atoms with E-state index in [0.29, 0.717) is 34.3 Å². The molecule has 4 nitrogen and oxygen atoms in total. The normalized spacial score (nSPS) is 30.2. The molecule has 5 atom stereocenters. The quantitative estimate of drug-likeness (QED) is 0.555. The summed E-state index contributed by atoms with van der Waals surface area (Å²) in [6.07, 6.45) is 4.23. The van der Waals surface area contributed by atoms with Crippen molar-refractivity contribution in [2.24, 2.45) is 28.7 Å². The lowest BCUT2D eigenvalue weighted by Gasteiger charge is -2.51. The Kier molecular flexibility index (Phi) is 6.28. The average Bonchev–Trinajstić information content (AvgIpc) is 3.06. The van der Waals surface area contributed by atoms with Gasteiger partial charge >= 0.3 is 0 Å². The highest BCUT2D eigenvalue weighted by atomic mass is 35.5. The van der Waals surface area contributed by atoms with Crippen LogP contribution in [0.3, 0.4) is 0 Å². The number of rotatable bonds is 7. The number of hydrogen-bond donors (Lipinski definition) is 1. The van der Waals surface area contributed by atoms with Crippen molar-refractivity contribution in [2.45, 2.75) is 51.4 Å². The molecular weight excluding hydrogens is 453 g/mol. The Hall–Kier alpha value is -1.88. The summed E-state index contributed by atoms with van der Waals surface area (Å²) in [5, 5.41) is 4.39. The highest BCUT2D eigenvalue weighted by Gasteiger charge is 2.67. The molecule has 4 bridgehead atoms. The number of aliphatic imine (C=N–C) groups is 1. The zero-order valence-corrected chi connectivity index (χ0v) is 20.7. The molecule has 1 aliphatic carbocycles. The lowest BCUT2D eigenvalue weighted by Crippen LogP contribution is -2.65. The van der Waals surface area contributed by atoms with Crippen LogP contribution in [-0.4, -0.2) is 35.1 Å². The summed E-state index contributed by atoms with van der Waals surface area (Å²) in [4.78, 5) is 21.4. The topological polar surface area (TPSA) is 44.7 Å². The van der Waals surface area contributed by atoms with E-state index in [9.17, 15) is 4.79 Å². The third kappa shape index (κ3) is 4.11. The van der Waals surface area contributed by atoms with Crippen LogP contribution in [-0.2, 0) is 17.9 Å². The molecule has 0 aromatic heterocycles. The van der Waals surface area contributed by atoms with Crippen LogP contribution in [0.2, 0.25) is 10.0 Å². The number of carbonyl (C=O) groups excluding carboxylic acids is 1. The summed E-state index contributed by atoms with van der Waals surface area (Å²) in [5.41, 5.74) is 1.52. The van der Waals surface area contributed by atoms with E-state index in [4.69, 9.17) is 28.2 Å². The summed E-state index contributed by atoms with van der Waals surface area (Å²) < 4.78 is 0. The first-order chi connectivity index (χ1) is 15.9. The number of nitrogens with zero attached hydrogens (tertiary/aromatic N) is 2. The fraction of sp³-hybridized carbons (Fsp3) is 0.481. The molecule has 0 spiro atoms. The van der Waals surface area contributed by atoms with Gasteiger partial charge in [0.2, 0.25) is 5.91 Å². The van der Waals surface area contributed by atoms with Crippen molar-refractivity contribution < 1.29 is 4.79 Å². The summed E-state index contributed by atoms with van der Waals surface area (Å²) >= 11 is 12.5. The lowest BCUT2D eigenvalue weighted by molar-refractivity contribution is -0.132. The van der Waals surface area contributed by atoms with Gasteiger partial charge in [0.05, 0.1) is 10.0 Å². The van der Waals surface area contributed by atoms with Crippen LogP contribution in [0.25, 0.3) is 0 Å². The van der Waals surface area contributed by atoms with Crippen LogP contribution >= 0.6 is 23.2 Å². The molecule has 4 aliphatic rings. The molecule has 6 heteroatoms. The zero-order chi connectivity index (χ0) is 23.2. The van der Waals surface area contributed by atoms with Crippen molar-refractivity contribution >= 4 is 35.3 Å². The Labute approximate surface area is 206 Å². The number of benzene rings is 2. The molecule has 174 valence electrons. The molecule has 0 radical (unpaired) electrons. The molecule has 1 saturated carbocycles. The first-order valence-corrected chi connectivity index (χ1v) is 12.7. The van der Waals surface area contributed by atoms with E-state index < -0.39 is 5.54 Å². The minimum absolute atomic E-state index is 0.0705. The minimum atomic E-state index is -0.709. The summed E-state index contributed by atoms with van der Waals surface area (Å²) in [7, 11) is 0. The maximum atomic E-state index is 13.8. The van der Waals surface area contributed by atoms with Crippen LogP contribution in [0.1, 0.15) is 37.8 Å². The fourth-order valence-electron chi connectivity index (χ4n) is 6.40. The third-order valence-corrected chi connectivity index (χ3v) is 8.43. The van der Waals surface area contributed by atoms with Crippen LogP contribution in [0.15, 0.2) is 53.5 Å². The summed E-state index contributed by atoms with van der Waals surface area (Å²) in [6, 6.07) is 16.0. The van der Waals surface area contributed by atoms with Crippen molar-refractivity contribution in [1.29, 1.82) is 0 Å². The number of hydrogen-bond acceptors (Lipinski definition) is 3. The number of halogens is 2. The van der Waals surface area contributed by atoms with E-state index in [2.05, 4.69) is 30.3 Å². The van der Waals surface area contributed by atoms with Gasteiger partial charge in [-0.1, -0.05) is 73.4 Å². The molecule has 2 fully saturated rings. The Balaban J connectivity index is 1.45. The number of amides is 1. The van der Waals surface area contributed by atoms with Crippen LogP contribution in [0.4, 0.5) is 0 Å². The Morgan fingerprint density at radius 3 is 2.67 bits per heavy atom. The monoisotopic (exact) mass is 483 g/mol. The van der Waals surface area contributed by atoms with Gasteiger partial charge in [0, 0.05) is 37.8 Å². The molecule has 2 aromatic carbocycles. The average molecular weight is 484 g/mol. The second-order valence-corrected chi connectivity index (χ2v) is 11.1. The van der Waals surface area contributed by atoms with Gasteiger partial charge in [0.1, 0.15) is 0 Å². The molecule has 6 rings (SSSR count). The van der Waals surface area contributed by atoms with Gasteiger partial charge in [-0.25, -0.2) is 0 Å². The molecule has 33 heavy (non-hydrogen) atoms. The second kappa shape index (κ2) is 9.05. The largest absolute Gasteiger partial charge is 0.350 e. The highest BCUT2D eigenvalue weighted by molar-refractivity contribution is 6.42. The van der Waals surface area contributed by atoms with Crippen molar-refractivity contribution in [1.82, 2.24) is 10.2 Å². The maximum absolute atomic E-state index is 13.8. The van der Waals surface area contributed by atoms with Crippen molar-refractivity contribution in [3.8, 4) is 0 Å². The summed E-state index contributed by atoms with van der Waals surface area (Å²) in [6.45, 7) is 6.71. The summed E-state index contributed by atoms with van der Waals surface area (Å²) in [5.74, 6) is 1.75. The predicted octanol–water partition coefficient (Wildman–Crippen LogP) is 5.62. The maximum Gasteiger partial charge on any atom is 0.250 e. The molecule has 1 saturated heterocycles.